The van der Waals surface area contributed by atoms with Gasteiger partial charge in [-0.25, -0.2) is 0 Å². The Morgan fingerprint density at radius 2 is 1.86 bits per heavy atom. The van der Waals surface area contributed by atoms with Crippen LogP contribution in [0.2, 0.25) is 0 Å². The third-order valence-corrected chi connectivity index (χ3v) is 6.23. The molecule has 3 aliphatic carbocycles. The Morgan fingerprint density at radius 3 is 2.45 bits per heavy atom. The lowest BCUT2D eigenvalue weighted by Crippen LogP contribution is -2.39. The smallest absolute Gasteiger partial charge is 0.307 e. The third kappa shape index (κ3) is 1.95. The minimum Gasteiger partial charge on any atom is -0.481 e. The Hall–Kier alpha value is -1.33. The fourth-order valence-electron chi connectivity index (χ4n) is 4.63. The van der Waals surface area contributed by atoms with Crippen molar-refractivity contribution in [2.45, 2.75) is 19.1 Å². The summed E-state index contributed by atoms with van der Waals surface area (Å²) in [7, 11) is 0. The van der Waals surface area contributed by atoms with E-state index < -0.39 is 18.1 Å². The van der Waals surface area contributed by atoms with E-state index in [0.29, 0.717) is 0 Å². The second kappa shape index (κ2) is 4.83. The first-order valence-electron chi connectivity index (χ1n) is 7.64. The number of hydrogen-bond acceptors (Lipinski definition) is 3. The Morgan fingerprint density at radius 1 is 1.23 bits per heavy atom. The summed E-state index contributed by atoms with van der Waals surface area (Å²) < 4.78 is 0.968. The number of rotatable bonds is 4. The molecule has 3 N–H and O–H groups in total. The first kappa shape index (κ1) is 14.3. The monoisotopic (exact) mass is 363 g/mol. The molecule has 5 unspecified atom stereocenters. The van der Waals surface area contributed by atoms with Crippen molar-refractivity contribution in [1.29, 1.82) is 0 Å². The molecule has 0 heterocycles. The standard InChI is InChI=1S/C17H18BrNO3/c18-9-1-3-10(4-2-9)19-15(20)13-11-5-6-12(14(13)16(21)22)17(11)7-8-17/h1-6,11-15,19-20H,7-8H2,(H,21,22). The number of carboxylic acid groups (broad SMARTS) is 1. The average Bonchev–Trinajstić information content (AvgIpc) is 3.15. The number of hydrogen-bond donors (Lipinski definition) is 3. The topological polar surface area (TPSA) is 69.6 Å². The SMILES string of the molecule is O=C(O)C1C(C(O)Nc2ccc(Br)cc2)C2C=CC1C21CC1. The molecule has 3 aliphatic rings. The largest absolute Gasteiger partial charge is 0.481 e. The molecule has 1 spiro atoms. The molecule has 1 aromatic rings. The van der Waals surface area contributed by atoms with Gasteiger partial charge >= 0.3 is 5.97 Å². The third-order valence-electron chi connectivity index (χ3n) is 5.71. The summed E-state index contributed by atoms with van der Waals surface area (Å²) in [4.78, 5) is 11.7. The van der Waals surface area contributed by atoms with Crippen molar-refractivity contribution < 1.29 is 15.0 Å². The Labute approximate surface area is 137 Å². The van der Waals surface area contributed by atoms with Crippen molar-refractivity contribution in [3.8, 4) is 0 Å². The predicted octanol–water partition coefficient (Wildman–Crippen LogP) is 3.09. The molecule has 116 valence electrons. The fourth-order valence-corrected chi connectivity index (χ4v) is 4.90. The second-order valence-electron chi connectivity index (χ2n) is 6.71. The number of aliphatic carboxylic acids is 1. The molecule has 2 saturated carbocycles. The summed E-state index contributed by atoms with van der Waals surface area (Å²) in [5, 5.41) is 23.4. The van der Waals surface area contributed by atoms with Gasteiger partial charge in [-0.2, -0.15) is 0 Å². The molecule has 5 heteroatoms. The molecule has 4 nitrogen and oxygen atoms in total. The number of carboxylic acids is 1. The van der Waals surface area contributed by atoms with Crippen LogP contribution in [0.5, 0.6) is 0 Å². The van der Waals surface area contributed by atoms with E-state index in [9.17, 15) is 15.0 Å². The van der Waals surface area contributed by atoms with Crippen LogP contribution in [0.4, 0.5) is 5.69 Å². The van der Waals surface area contributed by atoms with Crippen molar-refractivity contribution in [3.63, 3.8) is 0 Å². The van der Waals surface area contributed by atoms with Crippen LogP contribution in [0.25, 0.3) is 0 Å². The highest BCUT2D eigenvalue weighted by Crippen LogP contribution is 2.72. The van der Waals surface area contributed by atoms with Gasteiger partial charge in [0.1, 0.15) is 6.23 Å². The van der Waals surface area contributed by atoms with Gasteiger partial charge in [0.15, 0.2) is 0 Å². The summed E-state index contributed by atoms with van der Waals surface area (Å²) in [6.07, 6.45) is 5.52. The Balaban J connectivity index is 1.59. The van der Waals surface area contributed by atoms with Crippen molar-refractivity contribution in [2.75, 3.05) is 5.32 Å². The van der Waals surface area contributed by atoms with Crippen molar-refractivity contribution in [2.24, 2.45) is 29.1 Å². The van der Waals surface area contributed by atoms with Crippen molar-refractivity contribution >= 4 is 27.6 Å². The number of aliphatic hydroxyl groups excluding tert-OH is 1. The van der Waals surface area contributed by atoms with Crippen LogP contribution >= 0.6 is 15.9 Å². The van der Waals surface area contributed by atoms with E-state index in [1.54, 1.807) is 0 Å². The molecular formula is C17H18BrNO3. The number of benzene rings is 1. The van der Waals surface area contributed by atoms with E-state index in [-0.39, 0.29) is 23.2 Å². The van der Waals surface area contributed by atoms with Gasteiger partial charge < -0.3 is 15.5 Å². The second-order valence-corrected chi connectivity index (χ2v) is 7.62. The number of allylic oxidation sites excluding steroid dienone is 2. The summed E-state index contributed by atoms with van der Waals surface area (Å²) in [6, 6.07) is 7.54. The molecule has 2 bridgehead atoms. The quantitative estimate of drug-likeness (QED) is 0.567. The maximum absolute atomic E-state index is 11.7. The van der Waals surface area contributed by atoms with Gasteiger partial charge in [0.25, 0.3) is 0 Å². The van der Waals surface area contributed by atoms with Crippen LogP contribution in [-0.2, 0) is 4.79 Å². The highest BCUT2D eigenvalue weighted by Gasteiger charge is 2.69. The lowest BCUT2D eigenvalue weighted by molar-refractivity contribution is -0.146. The van der Waals surface area contributed by atoms with Gasteiger partial charge in [-0.15, -0.1) is 0 Å². The van der Waals surface area contributed by atoms with Gasteiger partial charge in [0, 0.05) is 16.1 Å². The molecule has 2 fully saturated rings. The molecular weight excluding hydrogens is 346 g/mol. The predicted molar refractivity (Wildman–Crippen MR) is 86.2 cm³/mol. The van der Waals surface area contributed by atoms with E-state index in [2.05, 4.69) is 33.4 Å². The zero-order chi connectivity index (χ0) is 15.5. The fraction of sp³-hybridized carbons (Fsp3) is 0.471. The highest BCUT2D eigenvalue weighted by atomic mass is 79.9. The van der Waals surface area contributed by atoms with Crippen molar-refractivity contribution in [3.05, 3.63) is 40.9 Å². The first-order chi connectivity index (χ1) is 10.5. The first-order valence-corrected chi connectivity index (χ1v) is 8.43. The number of nitrogens with one attached hydrogen (secondary N) is 1. The van der Waals surface area contributed by atoms with Gasteiger partial charge in [-0.1, -0.05) is 28.1 Å². The molecule has 0 saturated heterocycles. The van der Waals surface area contributed by atoms with Crippen LogP contribution < -0.4 is 5.32 Å². The lowest BCUT2D eigenvalue weighted by atomic mass is 9.81. The normalized spacial score (nSPS) is 34.8. The van der Waals surface area contributed by atoms with E-state index >= 15 is 0 Å². The van der Waals surface area contributed by atoms with Crippen LogP contribution in [-0.4, -0.2) is 22.4 Å². The van der Waals surface area contributed by atoms with Crippen LogP contribution in [0, 0.1) is 29.1 Å². The van der Waals surface area contributed by atoms with E-state index in [0.717, 1.165) is 23.0 Å². The molecule has 22 heavy (non-hydrogen) atoms. The van der Waals surface area contributed by atoms with Gasteiger partial charge in [-0.05, 0) is 54.4 Å². The summed E-state index contributed by atoms with van der Waals surface area (Å²) in [5.74, 6) is -1.28. The zero-order valence-electron chi connectivity index (χ0n) is 11.9. The van der Waals surface area contributed by atoms with E-state index in [1.165, 1.54) is 0 Å². The number of halogens is 1. The maximum Gasteiger partial charge on any atom is 0.307 e. The number of aliphatic hydroxyl groups is 1. The molecule has 0 amide bonds. The number of anilines is 1. The zero-order valence-corrected chi connectivity index (χ0v) is 13.5. The number of carbonyl (C=O) groups is 1. The molecule has 4 rings (SSSR count). The molecule has 5 atom stereocenters. The summed E-state index contributed by atoms with van der Waals surface area (Å²) >= 11 is 3.38. The van der Waals surface area contributed by atoms with Crippen LogP contribution in [0.15, 0.2) is 40.9 Å². The van der Waals surface area contributed by atoms with Crippen LogP contribution in [0.1, 0.15) is 12.8 Å². The van der Waals surface area contributed by atoms with Crippen LogP contribution in [0.3, 0.4) is 0 Å². The summed E-state index contributed by atoms with van der Waals surface area (Å²) in [5.41, 5.74) is 0.923. The maximum atomic E-state index is 11.7. The van der Waals surface area contributed by atoms with E-state index in [4.69, 9.17) is 0 Å². The Bertz CT molecular complexity index is 638. The van der Waals surface area contributed by atoms with Gasteiger partial charge in [0.2, 0.25) is 0 Å². The highest BCUT2D eigenvalue weighted by molar-refractivity contribution is 9.10. The van der Waals surface area contributed by atoms with Gasteiger partial charge in [0.05, 0.1) is 5.92 Å². The summed E-state index contributed by atoms with van der Waals surface area (Å²) in [6.45, 7) is 0. The molecule has 0 aromatic heterocycles. The molecule has 1 aromatic carbocycles. The van der Waals surface area contributed by atoms with Crippen molar-refractivity contribution in [1.82, 2.24) is 0 Å². The minimum atomic E-state index is -0.847. The van der Waals surface area contributed by atoms with Gasteiger partial charge in [-0.3, -0.25) is 4.79 Å². The lowest BCUT2D eigenvalue weighted by Gasteiger charge is -2.30. The molecule has 0 aliphatic heterocycles. The minimum absolute atomic E-state index is 0.0846. The molecule has 0 radical (unpaired) electrons. The average molecular weight is 364 g/mol. The Kier molecular flexibility index (Phi) is 3.13. The van der Waals surface area contributed by atoms with E-state index in [1.807, 2.05) is 24.3 Å².